The number of benzene rings is 1. The second-order valence-corrected chi connectivity index (χ2v) is 8.16. The van der Waals surface area contributed by atoms with Gasteiger partial charge in [0.25, 0.3) is 0 Å². The molecule has 30 heavy (non-hydrogen) atoms. The third kappa shape index (κ3) is 3.98. The van der Waals surface area contributed by atoms with Crippen LogP contribution in [0.2, 0.25) is 0 Å². The number of esters is 1. The molecule has 1 aromatic carbocycles. The first kappa shape index (κ1) is 20.9. The molecule has 0 radical (unpaired) electrons. The van der Waals surface area contributed by atoms with E-state index in [-0.39, 0.29) is 47.7 Å². The molecule has 2 heterocycles. The lowest BCUT2D eigenvalue weighted by molar-refractivity contribution is 0.0524. The number of pyridine rings is 1. The molecule has 1 saturated heterocycles. The molecular formula is C22H26F2N2O4. The molecule has 2 aliphatic rings. The van der Waals surface area contributed by atoms with E-state index in [1.165, 1.54) is 6.20 Å². The maximum absolute atomic E-state index is 14.8. The molecule has 1 aliphatic carbocycles. The van der Waals surface area contributed by atoms with Gasteiger partial charge in [-0.2, -0.15) is 0 Å². The summed E-state index contributed by atoms with van der Waals surface area (Å²) in [6, 6.07) is 1.09. The fraction of sp³-hybridized carbons (Fsp3) is 0.545. The zero-order chi connectivity index (χ0) is 21.4. The predicted octanol–water partition coefficient (Wildman–Crippen LogP) is 2.84. The van der Waals surface area contributed by atoms with E-state index in [1.807, 2.05) is 0 Å². The Morgan fingerprint density at radius 3 is 2.77 bits per heavy atom. The van der Waals surface area contributed by atoms with Gasteiger partial charge < -0.3 is 19.7 Å². The van der Waals surface area contributed by atoms with Crippen LogP contribution in [0, 0.1) is 11.6 Å². The highest BCUT2D eigenvalue weighted by molar-refractivity contribution is 5.94. The number of carbonyl (C=O) groups is 1. The Morgan fingerprint density at radius 2 is 2.13 bits per heavy atom. The molecule has 2 fully saturated rings. The summed E-state index contributed by atoms with van der Waals surface area (Å²) in [6.45, 7) is 2.30. The summed E-state index contributed by atoms with van der Waals surface area (Å²) in [5, 5.41) is 12.9. The van der Waals surface area contributed by atoms with Gasteiger partial charge in [0.05, 0.1) is 18.2 Å². The first-order valence-electron chi connectivity index (χ1n) is 10.5. The number of aliphatic hydroxyl groups is 1. The quantitative estimate of drug-likeness (QED) is 0.674. The van der Waals surface area contributed by atoms with Crippen LogP contribution >= 0.6 is 0 Å². The van der Waals surface area contributed by atoms with E-state index in [0.717, 1.165) is 18.9 Å². The van der Waals surface area contributed by atoms with E-state index < -0.39 is 23.0 Å². The van der Waals surface area contributed by atoms with Gasteiger partial charge in [-0.15, -0.1) is 0 Å². The van der Waals surface area contributed by atoms with Gasteiger partial charge in [0.15, 0.2) is 11.6 Å². The Bertz CT molecular complexity index is 1030. The Morgan fingerprint density at radius 1 is 1.37 bits per heavy atom. The minimum absolute atomic E-state index is 0.00997. The normalized spacial score (nSPS) is 21.3. The number of hydrogen-bond donors (Lipinski definition) is 2. The lowest BCUT2D eigenvalue weighted by atomic mass is 9.99. The van der Waals surface area contributed by atoms with Crippen LogP contribution in [-0.4, -0.2) is 40.9 Å². The highest BCUT2D eigenvalue weighted by Gasteiger charge is 2.30. The number of rotatable bonds is 7. The first-order chi connectivity index (χ1) is 14.4. The molecule has 1 aromatic heterocycles. The number of nitrogens with one attached hydrogen (secondary N) is 1. The molecular weight excluding hydrogens is 394 g/mol. The number of carbonyl (C=O) groups excluding carboxylic acids is 1. The standard InChI is InChI=1S/C22H26F2N2O4/c1-2-30-22(29)17-11-26(13-6-7-13)20-15(5-3-4-12-8-14(27)10-25-12)19(24)18(23)9-16(20)21(17)28/h9,11-14,25,27H,2-8,10H2,1H3. The van der Waals surface area contributed by atoms with Crippen LogP contribution in [0.4, 0.5) is 8.78 Å². The van der Waals surface area contributed by atoms with Gasteiger partial charge in [0, 0.05) is 35.8 Å². The third-order valence-electron chi connectivity index (χ3n) is 5.92. The number of aliphatic hydroxyl groups excluding tert-OH is 1. The van der Waals surface area contributed by atoms with Gasteiger partial charge in [-0.1, -0.05) is 0 Å². The number of ether oxygens (including phenoxy) is 1. The molecule has 1 aliphatic heterocycles. The van der Waals surface area contributed by atoms with Crippen molar-refractivity contribution in [3.8, 4) is 0 Å². The van der Waals surface area contributed by atoms with E-state index in [4.69, 9.17) is 4.74 Å². The third-order valence-corrected chi connectivity index (χ3v) is 5.92. The van der Waals surface area contributed by atoms with E-state index in [9.17, 15) is 23.5 Å². The van der Waals surface area contributed by atoms with Crippen LogP contribution in [0.15, 0.2) is 17.1 Å². The molecule has 2 aromatic rings. The monoisotopic (exact) mass is 420 g/mol. The summed E-state index contributed by atoms with van der Waals surface area (Å²) in [5.41, 5.74) is -0.254. The fourth-order valence-electron chi connectivity index (χ4n) is 4.31. The maximum Gasteiger partial charge on any atom is 0.343 e. The van der Waals surface area contributed by atoms with Crippen LogP contribution in [0.1, 0.15) is 61.0 Å². The van der Waals surface area contributed by atoms with E-state index in [0.29, 0.717) is 31.3 Å². The maximum atomic E-state index is 14.8. The summed E-state index contributed by atoms with van der Waals surface area (Å²) in [6.07, 6.45) is 4.97. The van der Waals surface area contributed by atoms with Crippen LogP contribution in [0.3, 0.4) is 0 Å². The van der Waals surface area contributed by atoms with Gasteiger partial charge in [-0.25, -0.2) is 13.6 Å². The van der Waals surface area contributed by atoms with E-state index >= 15 is 0 Å². The second-order valence-electron chi connectivity index (χ2n) is 8.16. The Kier molecular flexibility index (Phi) is 5.88. The molecule has 4 rings (SSSR count). The topological polar surface area (TPSA) is 80.6 Å². The molecule has 2 unspecified atom stereocenters. The largest absolute Gasteiger partial charge is 0.462 e. The summed E-state index contributed by atoms with van der Waals surface area (Å²) in [5.74, 6) is -2.79. The van der Waals surface area contributed by atoms with Crippen molar-refractivity contribution in [1.82, 2.24) is 9.88 Å². The van der Waals surface area contributed by atoms with Crippen molar-refractivity contribution in [1.29, 1.82) is 0 Å². The smallest absolute Gasteiger partial charge is 0.343 e. The molecule has 1 saturated carbocycles. The number of hydrogen-bond acceptors (Lipinski definition) is 5. The lowest BCUT2D eigenvalue weighted by Crippen LogP contribution is -2.23. The molecule has 2 N–H and O–H groups in total. The molecule has 8 heteroatoms. The highest BCUT2D eigenvalue weighted by atomic mass is 19.2. The van der Waals surface area contributed by atoms with Crippen molar-refractivity contribution >= 4 is 16.9 Å². The number of β-amino-alcohol motifs (C(OH)–C–C–N with tert-alkyl or cyclic N) is 1. The minimum atomic E-state index is -1.09. The molecule has 0 bridgehead atoms. The van der Waals surface area contributed by atoms with Gasteiger partial charge in [-0.05, 0) is 51.5 Å². The Hall–Kier alpha value is -2.32. The van der Waals surface area contributed by atoms with Crippen molar-refractivity contribution < 1.29 is 23.4 Å². The molecule has 6 nitrogen and oxygen atoms in total. The van der Waals surface area contributed by atoms with Crippen molar-refractivity contribution in [2.24, 2.45) is 0 Å². The second kappa shape index (κ2) is 8.43. The van der Waals surface area contributed by atoms with Crippen LogP contribution < -0.4 is 10.7 Å². The zero-order valence-electron chi connectivity index (χ0n) is 16.9. The molecule has 0 spiro atoms. The summed E-state index contributed by atoms with van der Waals surface area (Å²) < 4.78 is 36.0. The van der Waals surface area contributed by atoms with Gasteiger partial charge in [0.2, 0.25) is 5.43 Å². The first-order valence-corrected chi connectivity index (χ1v) is 10.5. The lowest BCUT2D eigenvalue weighted by Gasteiger charge is -2.17. The van der Waals surface area contributed by atoms with Crippen LogP contribution in [0.5, 0.6) is 0 Å². The Balaban J connectivity index is 1.75. The summed E-state index contributed by atoms with van der Waals surface area (Å²) in [4.78, 5) is 25.2. The molecule has 162 valence electrons. The molecule has 2 atom stereocenters. The summed E-state index contributed by atoms with van der Waals surface area (Å²) >= 11 is 0. The number of aryl methyl sites for hydroxylation is 1. The minimum Gasteiger partial charge on any atom is -0.462 e. The SMILES string of the molecule is CCOC(=O)c1cn(C2CC2)c2c(CCCC3CC(O)CN3)c(F)c(F)cc2c1=O. The van der Waals surface area contributed by atoms with E-state index in [1.54, 1.807) is 11.5 Å². The van der Waals surface area contributed by atoms with Crippen molar-refractivity contribution in [3.63, 3.8) is 0 Å². The van der Waals surface area contributed by atoms with Crippen molar-refractivity contribution in [2.75, 3.05) is 13.2 Å². The van der Waals surface area contributed by atoms with Crippen LogP contribution in [0.25, 0.3) is 10.9 Å². The average molecular weight is 420 g/mol. The molecule has 0 amide bonds. The van der Waals surface area contributed by atoms with Crippen molar-refractivity contribution in [2.45, 2.75) is 63.6 Å². The van der Waals surface area contributed by atoms with E-state index in [2.05, 4.69) is 5.32 Å². The highest BCUT2D eigenvalue weighted by Crippen LogP contribution is 2.38. The zero-order valence-corrected chi connectivity index (χ0v) is 16.9. The number of fused-ring (bicyclic) bond motifs is 1. The van der Waals surface area contributed by atoms with Crippen LogP contribution in [-0.2, 0) is 11.2 Å². The average Bonchev–Trinajstić information content (AvgIpc) is 3.47. The van der Waals surface area contributed by atoms with Gasteiger partial charge in [0.1, 0.15) is 5.56 Å². The number of halogens is 2. The van der Waals surface area contributed by atoms with Gasteiger partial charge in [-0.3, -0.25) is 4.79 Å². The fourth-order valence-corrected chi connectivity index (χ4v) is 4.31. The van der Waals surface area contributed by atoms with Gasteiger partial charge >= 0.3 is 5.97 Å². The van der Waals surface area contributed by atoms with Crippen molar-refractivity contribution in [3.05, 3.63) is 45.2 Å². The predicted molar refractivity (Wildman–Crippen MR) is 108 cm³/mol. The number of aromatic nitrogens is 1. The number of nitrogens with zero attached hydrogens (tertiary/aromatic N) is 1. The Labute approximate surface area is 172 Å². The summed E-state index contributed by atoms with van der Waals surface area (Å²) in [7, 11) is 0.